The maximum atomic E-state index is 5.61. The molecule has 0 N–H and O–H groups in total. The molecule has 1 aromatic rings. The van der Waals surface area contributed by atoms with Crippen LogP contribution in [0.3, 0.4) is 0 Å². The molecule has 4 heteroatoms. The third-order valence-corrected chi connectivity index (χ3v) is 2.31. The smallest absolute Gasteiger partial charge is 0.216 e. The largest absolute Gasteiger partial charge is 0.477 e. The van der Waals surface area contributed by atoms with Crippen LogP contribution in [0.2, 0.25) is 0 Å². The minimum Gasteiger partial charge on any atom is -0.477 e. The molecule has 0 aliphatic heterocycles. The molecular formula is C14H24N2O2. The lowest BCUT2D eigenvalue weighted by Crippen LogP contribution is -2.08. The van der Waals surface area contributed by atoms with Crippen molar-refractivity contribution in [1.29, 1.82) is 0 Å². The van der Waals surface area contributed by atoms with Gasteiger partial charge in [-0.1, -0.05) is 27.2 Å². The molecule has 0 saturated carbocycles. The molecule has 1 rings (SSSR count). The Morgan fingerprint density at radius 1 is 1.28 bits per heavy atom. The molecule has 0 unspecified atom stereocenters. The van der Waals surface area contributed by atoms with E-state index < -0.39 is 0 Å². The Bertz CT molecular complexity index is 354. The van der Waals surface area contributed by atoms with E-state index in [0.717, 1.165) is 25.1 Å². The molecule has 0 aliphatic carbocycles. The lowest BCUT2D eigenvalue weighted by molar-refractivity contribution is 0.111. The lowest BCUT2D eigenvalue weighted by Gasteiger charge is -2.10. The second kappa shape index (κ2) is 8.03. The van der Waals surface area contributed by atoms with E-state index in [1.54, 1.807) is 0 Å². The van der Waals surface area contributed by atoms with Gasteiger partial charge in [0.15, 0.2) is 5.82 Å². The number of aromatic nitrogens is 2. The van der Waals surface area contributed by atoms with Crippen LogP contribution in [-0.4, -0.2) is 23.2 Å². The molecule has 0 amide bonds. The second-order valence-corrected chi connectivity index (χ2v) is 4.87. The van der Waals surface area contributed by atoms with Crippen LogP contribution in [0, 0.1) is 12.8 Å². The van der Waals surface area contributed by atoms with Gasteiger partial charge in [0.2, 0.25) is 5.88 Å². The summed E-state index contributed by atoms with van der Waals surface area (Å²) in [5.74, 6) is 1.83. The fourth-order valence-electron chi connectivity index (χ4n) is 1.40. The number of hydrogen-bond acceptors (Lipinski definition) is 4. The zero-order valence-electron chi connectivity index (χ0n) is 11.9. The van der Waals surface area contributed by atoms with Crippen LogP contribution in [-0.2, 0) is 11.3 Å². The minimum absolute atomic E-state index is 0.458. The standard InChI is InChI=1S/C14H24N2O2/c1-5-6-7-17-10-13-15-12(4)8-14(16-13)18-9-11(2)3/h8,11H,5-7,9-10H2,1-4H3. The third kappa shape index (κ3) is 5.96. The molecule has 0 radical (unpaired) electrons. The maximum Gasteiger partial charge on any atom is 0.216 e. The highest BCUT2D eigenvalue weighted by Gasteiger charge is 2.04. The van der Waals surface area contributed by atoms with E-state index in [-0.39, 0.29) is 0 Å². The van der Waals surface area contributed by atoms with E-state index in [4.69, 9.17) is 9.47 Å². The average molecular weight is 252 g/mol. The summed E-state index contributed by atoms with van der Waals surface area (Å²) in [6.07, 6.45) is 2.21. The number of unbranched alkanes of at least 4 members (excludes halogenated alkanes) is 1. The summed E-state index contributed by atoms with van der Waals surface area (Å²) >= 11 is 0. The van der Waals surface area contributed by atoms with Gasteiger partial charge in [0, 0.05) is 18.4 Å². The Balaban J connectivity index is 2.51. The van der Waals surface area contributed by atoms with Gasteiger partial charge in [-0.15, -0.1) is 0 Å². The van der Waals surface area contributed by atoms with Crippen molar-refractivity contribution in [2.24, 2.45) is 5.92 Å². The molecule has 0 aromatic carbocycles. The highest BCUT2D eigenvalue weighted by atomic mass is 16.5. The molecule has 0 spiro atoms. The highest BCUT2D eigenvalue weighted by molar-refractivity contribution is 5.15. The Labute approximate surface area is 110 Å². The van der Waals surface area contributed by atoms with Crippen LogP contribution in [0.5, 0.6) is 5.88 Å². The van der Waals surface area contributed by atoms with Crippen molar-refractivity contribution in [3.63, 3.8) is 0 Å². The van der Waals surface area contributed by atoms with Crippen molar-refractivity contribution in [3.8, 4) is 5.88 Å². The maximum absolute atomic E-state index is 5.61. The fraction of sp³-hybridized carbons (Fsp3) is 0.714. The SMILES string of the molecule is CCCCOCc1nc(C)cc(OCC(C)C)n1. The molecule has 18 heavy (non-hydrogen) atoms. The van der Waals surface area contributed by atoms with Gasteiger partial charge >= 0.3 is 0 Å². The summed E-state index contributed by atoms with van der Waals surface area (Å²) in [7, 11) is 0. The minimum atomic E-state index is 0.458. The zero-order valence-corrected chi connectivity index (χ0v) is 11.9. The van der Waals surface area contributed by atoms with Crippen molar-refractivity contribution in [2.45, 2.75) is 47.1 Å². The monoisotopic (exact) mass is 252 g/mol. The van der Waals surface area contributed by atoms with Crippen molar-refractivity contribution in [1.82, 2.24) is 9.97 Å². The van der Waals surface area contributed by atoms with Gasteiger partial charge in [0.25, 0.3) is 0 Å². The van der Waals surface area contributed by atoms with Gasteiger partial charge in [-0.05, 0) is 19.3 Å². The summed E-state index contributed by atoms with van der Waals surface area (Å²) in [5.41, 5.74) is 0.915. The molecule has 1 aromatic heterocycles. The molecular weight excluding hydrogens is 228 g/mol. The van der Waals surface area contributed by atoms with Gasteiger partial charge < -0.3 is 9.47 Å². The molecule has 102 valence electrons. The van der Waals surface area contributed by atoms with Gasteiger partial charge in [0.05, 0.1) is 6.61 Å². The van der Waals surface area contributed by atoms with E-state index in [0.29, 0.717) is 30.8 Å². The van der Waals surface area contributed by atoms with Gasteiger partial charge in [-0.2, -0.15) is 4.98 Å². The average Bonchev–Trinajstić information content (AvgIpc) is 2.32. The first kappa shape index (κ1) is 14.9. The summed E-state index contributed by atoms with van der Waals surface area (Å²) < 4.78 is 11.1. The van der Waals surface area contributed by atoms with Crippen LogP contribution in [0.25, 0.3) is 0 Å². The fourth-order valence-corrected chi connectivity index (χ4v) is 1.40. The summed E-state index contributed by atoms with van der Waals surface area (Å²) in [4.78, 5) is 8.69. The highest BCUT2D eigenvalue weighted by Crippen LogP contribution is 2.11. The number of nitrogens with zero attached hydrogens (tertiary/aromatic N) is 2. The molecule has 0 aliphatic rings. The van der Waals surface area contributed by atoms with Crippen molar-refractivity contribution in [3.05, 3.63) is 17.6 Å². The molecule has 0 bridgehead atoms. The van der Waals surface area contributed by atoms with E-state index in [2.05, 4.69) is 30.7 Å². The summed E-state index contributed by atoms with van der Waals surface area (Å²) in [6, 6.07) is 1.86. The van der Waals surface area contributed by atoms with Crippen LogP contribution >= 0.6 is 0 Å². The molecule has 0 fully saturated rings. The first-order chi connectivity index (χ1) is 8.61. The van der Waals surface area contributed by atoms with Gasteiger partial charge in [0.1, 0.15) is 6.61 Å². The van der Waals surface area contributed by atoms with Crippen LogP contribution in [0.15, 0.2) is 6.07 Å². The van der Waals surface area contributed by atoms with Crippen LogP contribution in [0.1, 0.15) is 45.1 Å². The number of hydrogen-bond donors (Lipinski definition) is 0. The molecule has 1 heterocycles. The molecule has 4 nitrogen and oxygen atoms in total. The van der Waals surface area contributed by atoms with Gasteiger partial charge in [-0.3, -0.25) is 0 Å². The quantitative estimate of drug-likeness (QED) is 0.667. The number of aryl methyl sites for hydroxylation is 1. The van der Waals surface area contributed by atoms with E-state index in [1.807, 2.05) is 13.0 Å². The van der Waals surface area contributed by atoms with Crippen molar-refractivity contribution >= 4 is 0 Å². The summed E-state index contributed by atoms with van der Waals surface area (Å²) in [5, 5.41) is 0. The summed E-state index contributed by atoms with van der Waals surface area (Å²) in [6.45, 7) is 10.2. The Morgan fingerprint density at radius 2 is 2.06 bits per heavy atom. The van der Waals surface area contributed by atoms with Gasteiger partial charge in [-0.25, -0.2) is 4.98 Å². The van der Waals surface area contributed by atoms with Crippen LogP contribution < -0.4 is 4.74 Å². The Morgan fingerprint density at radius 3 is 2.72 bits per heavy atom. The predicted octanol–water partition coefficient (Wildman–Crippen LogP) is 3.14. The van der Waals surface area contributed by atoms with E-state index in [9.17, 15) is 0 Å². The topological polar surface area (TPSA) is 44.2 Å². The Hall–Kier alpha value is -1.16. The second-order valence-electron chi connectivity index (χ2n) is 4.87. The van der Waals surface area contributed by atoms with Crippen molar-refractivity contribution in [2.75, 3.05) is 13.2 Å². The van der Waals surface area contributed by atoms with Crippen LogP contribution in [0.4, 0.5) is 0 Å². The molecule has 0 atom stereocenters. The molecule has 0 saturated heterocycles. The van der Waals surface area contributed by atoms with E-state index in [1.165, 1.54) is 0 Å². The number of ether oxygens (including phenoxy) is 2. The number of rotatable bonds is 8. The third-order valence-electron chi connectivity index (χ3n) is 2.31. The van der Waals surface area contributed by atoms with Crippen molar-refractivity contribution < 1.29 is 9.47 Å². The first-order valence-corrected chi connectivity index (χ1v) is 6.67. The zero-order chi connectivity index (χ0) is 13.4. The first-order valence-electron chi connectivity index (χ1n) is 6.67. The predicted molar refractivity (Wildman–Crippen MR) is 71.7 cm³/mol. The van der Waals surface area contributed by atoms with E-state index >= 15 is 0 Å². The normalized spacial score (nSPS) is 10.9. The lowest BCUT2D eigenvalue weighted by atomic mass is 10.2. The Kier molecular flexibility index (Phi) is 6.65.